The Morgan fingerprint density at radius 1 is 1.04 bits per heavy atom. The highest BCUT2D eigenvalue weighted by molar-refractivity contribution is 6.16. The standard InChI is InChI=1S/C19H25NO3/c1-5-20(6-2)18(16-11-9-8-10-12-16)14-13-17(15(4)21)19(22)23-7-3/h8-14H,5-7H2,1-4H3. The maximum absolute atomic E-state index is 11.9. The number of benzene rings is 1. The quantitative estimate of drug-likeness (QED) is 0.242. The second-order valence-electron chi connectivity index (χ2n) is 4.95. The van der Waals surface area contributed by atoms with Gasteiger partial charge in [0.15, 0.2) is 5.78 Å². The molecule has 4 heteroatoms. The molecule has 0 N–H and O–H groups in total. The maximum Gasteiger partial charge on any atom is 0.341 e. The van der Waals surface area contributed by atoms with Crippen molar-refractivity contribution in [2.45, 2.75) is 27.7 Å². The van der Waals surface area contributed by atoms with Crippen molar-refractivity contribution in [1.29, 1.82) is 0 Å². The Hall–Kier alpha value is -2.36. The molecule has 4 nitrogen and oxygen atoms in total. The largest absolute Gasteiger partial charge is 0.462 e. The van der Waals surface area contributed by atoms with E-state index in [0.717, 1.165) is 24.4 Å². The van der Waals surface area contributed by atoms with Gasteiger partial charge in [-0.15, -0.1) is 0 Å². The zero-order valence-corrected chi connectivity index (χ0v) is 14.3. The van der Waals surface area contributed by atoms with Gasteiger partial charge >= 0.3 is 5.97 Å². The van der Waals surface area contributed by atoms with Crippen LogP contribution in [0.1, 0.15) is 33.3 Å². The predicted octanol–water partition coefficient (Wildman–Crippen LogP) is 3.45. The molecule has 23 heavy (non-hydrogen) atoms. The van der Waals surface area contributed by atoms with Crippen LogP contribution in [0.5, 0.6) is 0 Å². The molecule has 0 saturated heterocycles. The van der Waals surface area contributed by atoms with Crippen molar-refractivity contribution >= 4 is 17.4 Å². The van der Waals surface area contributed by atoms with Crippen molar-refractivity contribution in [3.63, 3.8) is 0 Å². The summed E-state index contributed by atoms with van der Waals surface area (Å²) in [6.45, 7) is 9.14. The molecule has 0 unspecified atom stereocenters. The van der Waals surface area contributed by atoms with Crippen LogP contribution in [0.15, 0.2) is 48.1 Å². The summed E-state index contributed by atoms with van der Waals surface area (Å²) < 4.78 is 4.95. The van der Waals surface area contributed by atoms with E-state index >= 15 is 0 Å². The number of nitrogens with zero attached hydrogens (tertiary/aromatic N) is 1. The van der Waals surface area contributed by atoms with Gasteiger partial charge in [-0.25, -0.2) is 4.79 Å². The Bertz CT molecular complexity index is 584. The van der Waals surface area contributed by atoms with Crippen LogP contribution in [0, 0.1) is 0 Å². The summed E-state index contributed by atoms with van der Waals surface area (Å²) in [5.74, 6) is -0.880. The van der Waals surface area contributed by atoms with Crippen molar-refractivity contribution in [1.82, 2.24) is 4.90 Å². The monoisotopic (exact) mass is 315 g/mol. The fourth-order valence-corrected chi connectivity index (χ4v) is 2.26. The summed E-state index contributed by atoms with van der Waals surface area (Å²) in [6.07, 6.45) is 3.37. The highest BCUT2D eigenvalue weighted by atomic mass is 16.5. The van der Waals surface area contributed by atoms with E-state index in [9.17, 15) is 9.59 Å². The molecule has 1 aromatic carbocycles. The molecule has 124 valence electrons. The Balaban J connectivity index is 3.29. The Morgan fingerprint density at radius 2 is 1.65 bits per heavy atom. The summed E-state index contributed by atoms with van der Waals surface area (Å²) in [5.41, 5.74) is 2.07. The first kappa shape index (κ1) is 18.7. The first-order valence-corrected chi connectivity index (χ1v) is 7.95. The van der Waals surface area contributed by atoms with Crippen LogP contribution in [0.3, 0.4) is 0 Å². The molecule has 0 amide bonds. The zero-order valence-electron chi connectivity index (χ0n) is 14.3. The minimum Gasteiger partial charge on any atom is -0.462 e. The highest BCUT2D eigenvalue weighted by Crippen LogP contribution is 2.19. The molecule has 0 aliphatic heterocycles. The SMILES string of the molecule is CCOC(=O)C(=CC=C(c1ccccc1)N(CC)CC)C(C)=O. The van der Waals surface area contributed by atoms with E-state index in [1.54, 1.807) is 13.0 Å². The molecule has 0 fully saturated rings. The van der Waals surface area contributed by atoms with Gasteiger partial charge in [-0.2, -0.15) is 0 Å². The van der Waals surface area contributed by atoms with Crippen LogP contribution in [-0.4, -0.2) is 36.3 Å². The van der Waals surface area contributed by atoms with E-state index in [0.29, 0.717) is 0 Å². The van der Waals surface area contributed by atoms with E-state index in [2.05, 4.69) is 18.7 Å². The second-order valence-corrected chi connectivity index (χ2v) is 4.95. The number of esters is 1. The highest BCUT2D eigenvalue weighted by Gasteiger charge is 2.15. The topological polar surface area (TPSA) is 46.6 Å². The number of hydrogen-bond donors (Lipinski definition) is 0. The smallest absolute Gasteiger partial charge is 0.341 e. The van der Waals surface area contributed by atoms with Gasteiger partial charge in [0.05, 0.1) is 6.61 Å². The van der Waals surface area contributed by atoms with Gasteiger partial charge in [-0.1, -0.05) is 30.3 Å². The van der Waals surface area contributed by atoms with Gasteiger partial charge in [-0.05, 0) is 45.4 Å². The second kappa shape index (κ2) is 9.62. The lowest BCUT2D eigenvalue weighted by atomic mass is 10.1. The summed E-state index contributed by atoms with van der Waals surface area (Å²) in [7, 11) is 0. The van der Waals surface area contributed by atoms with Crippen molar-refractivity contribution in [2.24, 2.45) is 0 Å². The average molecular weight is 315 g/mol. The first-order chi connectivity index (χ1) is 11.0. The summed E-state index contributed by atoms with van der Waals surface area (Å²) >= 11 is 0. The number of hydrogen-bond acceptors (Lipinski definition) is 4. The number of ketones is 1. The van der Waals surface area contributed by atoms with Gasteiger partial charge in [0.25, 0.3) is 0 Å². The van der Waals surface area contributed by atoms with Gasteiger partial charge < -0.3 is 9.64 Å². The maximum atomic E-state index is 11.9. The number of Topliss-reactive ketones (excluding diaryl/α,β-unsaturated/α-hetero) is 1. The lowest BCUT2D eigenvalue weighted by molar-refractivity contribution is -0.139. The average Bonchev–Trinajstić information content (AvgIpc) is 2.55. The number of carbonyl (C=O) groups is 2. The molecule has 1 aromatic rings. The minimum atomic E-state index is -0.580. The molecule has 0 aromatic heterocycles. The van der Waals surface area contributed by atoms with Crippen LogP contribution in [-0.2, 0) is 14.3 Å². The third-order valence-corrected chi connectivity index (χ3v) is 3.46. The van der Waals surface area contributed by atoms with Gasteiger partial charge in [-0.3, -0.25) is 4.79 Å². The van der Waals surface area contributed by atoms with Crippen molar-refractivity contribution in [3.8, 4) is 0 Å². The molecule has 0 atom stereocenters. The van der Waals surface area contributed by atoms with E-state index in [1.807, 2.05) is 36.4 Å². The number of carbonyl (C=O) groups excluding carboxylic acids is 2. The Kier molecular flexibility index (Phi) is 7.81. The zero-order chi connectivity index (χ0) is 17.2. The van der Waals surface area contributed by atoms with Crippen LogP contribution in [0.2, 0.25) is 0 Å². The summed E-state index contributed by atoms with van der Waals surface area (Å²) in [5, 5.41) is 0. The molecular formula is C19H25NO3. The molecule has 1 rings (SSSR count). The minimum absolute atomic E-state index is 0.0624. The van der Waals surface area contributed by atoms with Crippen LogP contribution >= 0.6 is 0 Å². The summed E-state index contributed by atoms with van der Waals surface area (Å²) in [4.78, 5) is 25.8. The van der Waals surface area contributed by atoms with Crippen LogP contribution < -0.4 is 0 Å². The number of rotatable bonds is 8. The number of ether oxygens (including phenoxy) is 1. The molecular weight excluding hydrogens is 290 g/mol. The van der Waals surface area contributed by atoms with E-state index < -0.39 is 5.97 Å². The molecule has 0 heterocycles. The Morgan fingerprint density at radius 3 is 2.13 bits per heavy atom. The van der Waals surface area contributed by atoms with Crippen molar-refractivity contribution in [2.75, 3.05) is 19.7 Å². The van der Waals surface area contributed by atoms with E-state index in [-0.39, 0.29) is 18.0 Å². The molecule has 0 bridgehead atoms. The number of allylic oxidation sites excluding steroid dienone is 2. The lowest BCUT2D eigenvalue weighted by Crippen LogP contribution is -2.21. The van der Waals surface area contributed by atoms with Gasteiger partial charge in [0.2, 0.25) is 0 Å². The van der Waals surface area contributed by atoms with Crippen molar-refractivity contribution < 1.29 is 14.3 Å². The third-order valence-electron chi connectivity index (χ3n) is 3.46. The first-order valence-electron chi connectivity index (χ1n) is 7.95. The van der Waals surface area contributed by atoms with Gasteiger partial charge in [0, 0.05) is 18.8 Å². The van der Waals surface area contributed by atoms with Crippen LogP contribution in [0.4, 0.5) is 0 Å². The van der Waals surface area contributed by atoms with E-state index in [4.69, 9.17) is 4.74 Å². The fourth-order valence-electron chi connectivity index (χ4n) is 2.26. The summed E-state index contributed by atoms with van der Waals surface area (Å²) in [6, 6.07) is 9.91. The molecule has 0 saturated carbocycles. The third kappa shape index (κ3) is 5.40. The van der Waals surface area contributed by atoms with Crippen LogP contribution in [0.25, 0.3) is 5.70 Å². The van der Waals surface area contributed by atoms with Gasteiger partial charge in [0.1, 0.15) is 5.57 Å². The fraction of sp³-hybridized carbons (Fsp3) is 0.368. The predicted molar refractivity (Wildman–Crippen MR) is 92.7 cm³/mol. The Labute approximate surface area is 138 Å². The normalized spacial score (nSPS) is 12.0. The molecule has 0 spiro atoms. The molecule has 0 radical (unpaired) electrons. The van der Waals surface area contributed by atoms with E-state index in [1.165, 1.54) is 6.92 Å². The molecule has 0 aliphatic rings. The molecule has 0 aliphatic carbocycles. The van der Waals surface area contributed by atoms with Crippen molar-refractivity contribution in [3.05, 3.63) is 53.6 Å². The lowest BCUT2D eigenvalue weighted by Gasteiger charge is -2.24.